The topological polar surface area (TPSA) is 154 Å². The molecule has 4 amide bonds. The van der Waals surface area contributed by atoms with Crippen LogP contribution in [0.5, 0.6) is 5.75 Å². The summed E-state index contributed by atoms with van der Waals surface area (Å²) in [4.78, 5) is 72.2. The summed E-state index contributed by atoms with van der Waals surface area (Å²) < 4.78 is 8.47. The van der Waals surface area contributed by atoms with Crippen LogP contribution in [0.1, 0.15) is 77.5 Å². The normalized spacial score (nSPS) is 20.7. The van der Waals surface area contributed by atoms with Crippen molar-refractivity contribution in [3.8, 4) is 28.1 Å². The molecule has 4 atom stereocenters. The first-order valence-electron chi connectivity index (χ1n) is 22.8. The third kappa shape index (κ3) is 9.45. The maximum absolute atomic E-state index is 14.7. The zero-order valence-corrected chi connectivity index (χ0v) is 38.4. The van der Waals surface area contributed by atoms with Gasteiger partial charge in [0, 0.05) is 61.5 Å². The molecule has 64 heavy (non-hydrogen) atoms. The number of hydrogen-bond donors (Lipinski definition) is 3. The minimum absolute atomic E-state index is 0.00871. The summed E-state index contributed by atoms with van der Waals surface area (Å²) in [5, 5.41) is 16.8. The molecule has 4 aromatic rings. The Morgan fingerprint density at radius 3 is 2.52 bits per heavy atom. The van der Waals surface area contributed by atoms with Crippen LogP contribution < -0.4 is 10.7 Å². The van der Waals surface area contributed by atoms with Crippen molar-refractivity contribution in [2.24, 2.45) is 17.3 Å². The van der Waals surface area contributed by atoms with Crippen molar-refractivity contribution >= 4 is 40.5 Å². The van der Waals surface area contributed by atoms with E-state index in [4.69, 9.17) is 4.74 Å². The summed E-state index contributed by atoms with van der Waals surface area (Å²) in [6.45, 7) is 17.6. The highest BCUT2D eigenvalue weighted by Crippen LogP contribution is 2.41. The number of carbonyl (C=O) groups is 5. The largest absolute Gasteiger partial charge is 0.508 e. The Kier molecular flexibility index (Phi) is 13.7. The average molecular weight is 873 g/mol. The van der Waals surface area contributed by atoms with Gasteiger partial charge in [-0.1, -0.05) is 77.6 Å². The standard InChI is InChI=1S/C51H64N6O7/c1-9-33-15-12-13-16-38(33)46-40-28-51(6,7)30-64-50(63)41-17-14-21-57(53-41)49(62)42(25-32-23-36(26-37(58)24-32)34-18-19-43(39(40)27-34)56(46)11-3)52-47(60)45(31(4)5)54(8)48(61)35-20-22-55(29-35)44(59)10-2/h10,12-13,15-16,18-19,23-24,26-27,31,35,41-42,45,53,58H,2,9,11,14,17,20-22,25,28-30H2,1,3-8H3,(H,52,60)/t35-,41-,42-,45-/m0/s1. The van der Waals surface area contributed by atoms with E-state index in [0.717, 1.165) is 46.3 Å². The van der Waals surface area contributed by atoms with Crippen LogP contribution in [0.4, 0.5) is 0 Å². The van der Waals surface area contributed by atoms with E-state index >= 15 is 0 Å². The van der Waals surface area contributed by atoms with Gasteiger partial charge in [-0.2, -0.15) is 0 Å². The number of likely N-dealkylation sites (N-methyl/N-ethyl adjacent to an activating group) is 1. The van der Waals surface area contributed by atoms with E-state index in [-0.39, 0.29) is 43.1 Å². The van der Waals surface area contributed by atoms with Crippen molar-refractivity contribution < 1.29 is 33.8 Å². The number of phenolic OH excluding ortho intramolecular Hbond substituents is 1. The van der Waals surface area contributed by atoms with Crippen LogP contribution in [0.15, 0.2) is 73.3 Å². The number of nitrogens with zero attached hydrogens (tertiary/aromatic N) is 4. The predicted molar refractivity (Wildman–Crippen MR) is 248 cm³/mol. The molecule has 0 unspecified atom stereocenters. The zero-order chi connectivity index (χ0) is 46.0. The quantitative estimate of drug-likeness (QED) is 0.129. The number of hydrazine groups is 1. The lowest BCUT2D eigenvalue weighted by Crippen LogP contribution is -2.62. The van der Waals surface area contributed by atoms with E-state index in [2.05, 4.69) is 92.0 Å². The van der Waals surface area contributed by atoms with Gasteiger partial charge in [-0.25, -0.2) is 5.43 Å². The van der Waals surface area contributed by atoms with E-state index in [1.807, 2.05) is 19.9 Å². The minimum atomic E-state index is -1.15. The van der Waals surface area contributed by atoms with Gasteiger partial charge in [-0.05, 0) is 103 Å². The number of aryl methyl sites for hydroxylation is 2. The van der Waals surface area contributed by atoms with E-state index in [1.165, 1.54) is 27.1 Å². The Morgan fingerprint density at radius 1 is 1.03 bits per heavy atom. The van der Waals surface area contributed by atoms with Gasteiger partial charge in [0.15, 0.2) is 0 Å². The molecule has 3 N–H and O–H groups in total. The van der Waals surface area contributed by atoms with Gasteiger partial charge in [-0.15, -0.1) is 0 Å². The minimum Gasteiger partial charge on any atom is -0.508 e. The average Bonchev–Trinajstić information content (AvgIpc) is 3.89. The van der Waals surface area contributed by atoms with Crippen LogP contribution in [-0.4, -0.2) is 105 Å². The van der Waals surface area contributed by atoms with Crippen LogP contribution in [0.2, 0.25) is 0 Å². The van der Waals surface area contributed by atoms with Gasteiger partial charge in [-0.3, -0.25) is 29.0 Å². The second-order valence-electron chi connectivity index (χ2n) is 18.8. The lowest BCUT2D eigenvalue weighted by molar-refractivity contribution is -0.155. The molecule has 4 heterocycles. The van der Waals surface area contributed by atoms with Gasteiger partial charge in [0.05, 0.1) is 18.2 Å². The molecule has 2 fully saturated rings. The molecule has 0 radical (unpaired) electrons. The summed E-state index contributed by atoms with van der Waals surface area (Å²) in [6.07, 6.45) is 4.16. The number of aromatic nitrogens is 1. The van der Waals surface area contributed by atoms with Crippen molar-refractivity contribution in [1.82, 2.24) is 30.1 Å². The molecule has 2 saturated heterocycles. The third-order valence-corrected chi connectivity index (χ3v) is 13.2. The number of esters is 1. The second-order valence-corrected chi connectivity index (χ2v) is 18.8. The summed E-state index contributed by atoms with van der Waals surface area (Å²) in [5.74, 6) is -2.76. The molecule has 1 aromatic heterocycles. The van der Waals surface area contributed by atoms with Gasteiger partial charge in [0.1, 0.15) is 23.9 Å². The first kappa shape index (κ1) is 46.1. The number of carbonyl (C=O) groups excluding carboxylic acids is 5. The number of aromatic hydroxyl groups is 1. The Balaban J connectivity index is 1.30. The molecule has 340 valence electrons. The van der Waals surface area contributed by atoms with Crippen LogP contribution in [-0.2, 0) is 54.5 Å². The van der Waals surface area contributed by atoms with E-state index in [0.29, 0.717) is 44.3 Å². The Hall–Kier alpha value is -5.95. The molecule has 3 aliphatic heterocycles. The van der Waals surface area contributed by atoms with E-state index in [1.54, 1.807) is 24.1 Å². The predicted octanol–water partition coefficient (Wildman–Crippen LogP) is 6.43. The van der Waals surface area contributed by atoms with Crippen LogP contribution in [0.25, 0.3) is 33.3 Å². The summed E-state index contributed by atoms with van der Waals surface area (Å²) in [5.41, 5.74) is 10.6. The van der Waals surface area contributed by atoms with Crippen molar-refractivity contribution in [2.45, 2.75) is 105 Å². The molecule has 0 saturated carbocycles. The fourth-order valence-electron chi connectivity index (χ4n) is 9.97. The molecule has 0 spiro atoms. The number of phenols is 1. The molecule has 7 rings (SSSR count). The van der Waals surface area contributed by atoms with E-state index in [9.17, 15) is 29.1 Å². The molecule has 13 heteroatoms. The number of ether oxygens (including phenoxy) is 1. The Morgan fingerprint density at radius 2 is 1.80 bits per heavy atom. The summed E-state index contributed by atoms with van der Waals surface area (Å²) in [6, 6.07) is 17.2. The van der Waals surface area contributed by atoms with E-state index < -0.39 is 47.2 Å². The lowest BCUT2D eigenvalue weighted by atomic mass is 9.83. The summed E-state index contributed by atoms with van der Waals surface area (Å²) in [7, 11) is 1.59. The van der Waals surface area contributed by atoms with Gasteiger partial charge < -0.3 is 29.5 Å². The zero-order valence-electron chi connectivity index (χ0n) is 38.4. The van der Waals surface area contributed by atoms with Gasteiger partial charge in [0.25, 0.3) is 5.91 Å². The van der Waals surface area contributed by atoms with Crippen LogP contribution in [0, 0.1) is 17.3 Å². The van der Waals surface area contributed by atoms with Crippen molar-refractivity contribution in [1.29, 1.82) is 0 Å². The molecule has 0 aliphatic carbocycles. The lowest BCUT2D eigenvalue weighted by Gasteiger charge is -2.37. The number of cyclic esters (lactones) is 1. The van der Waals surface area contributed by atoms with Crippen LogP contribution in [0.3, 0.4) is 0 Å². The van der Waals surface area contributed by atoms with Crippen molar-refractivity contribution in [3.05, 3.63) is 90.0 Å². The number of rotatable bonds is 9. The Bertz CT molecular complexity index is 2450. The number of fused-ring (bicyclic) bond motifs is 6. The Labute approximate surface area is 376 Å². The van der Waals surface area contributed by atoms with Gasteiger partial charge in [0.2, 0.25) is 17.7 Å². The molecule has 13 nitrogen and oxygen atoms in total. The number of likely N-dealkylation sites (tertiary alicyclic amines) is 1. The molecular formula is C51H64N6O7. The maximum atomic E-state index is 14.7. The molecule has 6 bridgehead atoms. The number of amides is 4. The second kappa shape index (κ2) is 19.0. The highest BCUT2D eigenvalue weighted by atomic mass is 16.5. The first-order valence-corrected chi connectivity index (χ1v) is 22.8. The molecular weight excluding hydrogens is 809 g/mol. The van der Waals surface area contributed by atoms with Crippen LogP contribution >= 0.6 is 0 Å². The first-order chi connectivity index (χ1) is 30.5. The highest BCUT2D eigenvalue weighted by molar-refractivity contribution is 5.96. The van der Waals surface area contributed by atoms with Crippen molar-refractivity contribution in [3.63, 3.8) is 0 Å². The smallest absolute Gasteiger partial charge is 0.324 e. The number of benzene rings is 3. The maximum Gasteiger partial charge on any atom is 0.324 e. The molecule has 3 aromatic carbocycles. The monoisotopic (exact) mass is 872 g/mol. The third-order valence-electron chi connectivity index (χ3n) is 13.2. The number of nitrogens with one attached hydrogen (secondary N) is 2. The fraction of sp³-hybridized carbons (Fsp3) is 0.471. The number of hydrogen-bond acceptors (Lipinski definition) is 8. The summed E-state index contributed by atoms with van der Waals surface area (Å²) >= 11 is 0. The highest BCUT2D eigenvalue weighted by Gasteiger charge is 2.40. The van der Waals surface area contributed by atoms with Crippen molar-refractivity contribution in [2.75, 3.05) is 33.3 Å². The van der Waals surface area contributed by atoms with Gasteiger partial charge >= 0.3 is 5.97 Å². The fourth-order valence-corrected chi connectivity index (χ4v) is 9.97. The molecule has 3 aliphatic rings. The SMILES string of the molecule is C=CC(=O)N1CC[C@H](C(=O)N(C)[C@H](C(=O)N[C@H]2Cc3cc(O)cc(c3)-c3ccc4c(c3)c(c(-c3ccccc3CC)n4CC)CC(C)(C)COC(=O)[C@@H]3CCCN(N3)C2=O)C(C)C)C1.